The van der Waals surface area contributed by atoms with Gasteiger partial charge in [-0.05, 0) is 61.1 Å². The van der Waals surface area contributed by atoms with Gasteiger partial charge in [0.15, 0.2) is 5.78 Å². The van der Waals surface area contributed by atoms with Crippen LogP contribution in [-0.4, -0.2) is 5.78 Å². The Kier molecular flexibility index (Phi) is 3.70. The molecule has 1 nitrogen and oxygen atoms in total. The fourth-order valence-electron chi connectivity index (χ4n) is 2.73. The van der Waals surface area contributed by atoms with Gasteiger partial charge in [0.05, 0.1) is 0 Å². The van der Waals surface area contributed by atoms with E-state index in [0.29, 0.717) is 15.6 Å². The molecule has 102 valence electrons. The maximum absolute atomic E-state index is 13.4. The minimum atomic E-state index is -0.402. The van der Waals surface area contributed by atoms with E-state index in [1.54, 1.807) is 6.07 Å². The minimum absolute atomic E-state index is 0.126. The number of hydrogen-bond acceptors (Lipinski definition) is 1. The van der Waals surface area contributed by atoms with Gasteiger partial charge in [-0.15, -0.1) is 0 Å². The largest absolute Gasteiger partial charge is 0.289 e. The van der Waals surface area contributed by atoms with E-state index in [1.165, 1.54) is 36.1 Å². The second-order valence-electron chi connectivity index (χ2n) is 5.18. The van der Waals surface area contributed by atoms with E-state index in [0.717, 1.165) is 12.8 Å². The van der Waals surface area contributed by atoms with Crippen molar-refractivity contribution in [2.45, 2.75) is 25.7 Å². The first-order valence-corrected chi connectivity index (χ1v) is 7.55. The lowest BCUT2D eigenvalue weighted by Gasteiger charge is -2.16. The van der Waals surface area contributed by atoms with Crippen molar-refractivity contribution in [1.29, 1.82) is 0 Å². The zero-order chi connectivity index (χ0) is 14.1. The predicted octanol–water partition coefficient (Wildman–Crippen LogP) is 4.70. The van der Waals surface area contributed by atoms with Crippen LogP contribution in [0.25, 0.3) is 0 Å². The van der Waals surface area contributed by atoms with Crippen molar-refractivity contribution in [1.82, 2.24) is 0 Å². The number of aryl methyl sites for hydroxylation is 2. The van der Waals surface area contributed by atoms with Crippen LogP contribution in [0.3, 0.4) is 0 Å². The average Bonchev–Trinajstić information content (AvgIpc) is 2.45. The lowest BCUT2D eigenvalue weighted by atomic mass is 9.89. The zero-order valence-electron chi connectivity index (χ0n) is 11.0. The summed E-state index contributed by atoms with van der Waals surface area (Å²) in [6.07, 6.45) is 4.52. The van der Waals surface area contributed by atoms with Crippen LogP contribution >= 0.6 is 15.9 Å². The Bertz CT molecular complexity index is 658. The summed E-state index contributed by atoms with van der Waals surface area (Å²) in [7, 11) is 0. The fourth-order valence-corrected chi connectivity index (χ4v) is 3.19. The van der Waals surface area contributed by atoms with E-state index >= 15 is 0 Å². The number of carbonyl (C=O) groups is 1. The average molecular weight is 333 g/mol. The molecule has 20 heavy (non-hydrogen) atoms. The number of hydrogen-bond donors (Lipinski definition) is 0. The van der Waals surface area contributed by atoms with Gasteiger partial charge >= 0.3 is 0 Å². The first-order valence-electron chi connectivity index (χ1n) is 6.76. The highest BCUT2D eigenvalue weighted by molar-refractivity contribution is 9.10. The topological polar surface area (TPSA) is 17.1 Å². The highest BCUT2D eigenvalue weighted by Gasteiger charge is 2.15. The Morgan fingerprint density at radius 1 is 0.950 bits per heavy atom. The molecule has 0 N–H and O–H groups in total. The molecule has 0 atom stereocenters. The molecule has 1 aliphatic carbocycles. The predicted molar refractivity (Wildman–Crippen MR) is 80.6 cm³/mol. The van der Waals surface area contributed by atoms with Crippen LogP contribution in [0.5, 0.6) is 0 Å². The van der Waals surface area contributed by atoms with E-state index in [2.05, 4.69) is 15.9 Å². The van der Waals surface area contributed by atoms with Crippen molar-refractivity contribution in [3.63, 3.8) is 0 Å². The fraction of sp³-hybridized carbons (Fsp3) is 0.235. The second kappa shape index (κ2) is 5.49. The first kappa shape index (κ1) is 13.5. The molecule has 0 saturated heterocycles. The van der Waals surface area contributed by atoms with Gasteiger partial charge in [0.25, 0.3) is 0 Å². The van der Waals surface area contributed by atoms with Crippen LogP contribution in [0.15, 0.2) is 40.9 Å². The summed E-state index contributed by atoms with van der Waals surface area (Å²) in [6, 6.07) is 10.2. The molecule has 3 rings (SSSR count). The third-order valence-electron chi connectivity index (χ3n) is 3.74. The van der Waals surface area contributed by atoms with Crippen molar-refractivity contribution in [3.8, 4) is 0 Å². The van der Waals surface area contributed by atoms with Crippen molar-refractivity contribution in [2.75, 3.05) is 0 Å². The SMILES string of the molecule is O=C(c1cc(F)cc(Br)c1)c1ccc2c(c1)CCCC2. The maximum Gasteiger partial charge on any atom is 0.193 e. The van der Waals surface area contributed by atoms with Crippen LogP contribution in [0.2, 0.25) is 0 Å². The van der Waals surface area contributed by atoms with Gasteiger partial charge in [-0.2, -0.15) is 0 Å². The first-order chi connectivity index (χ1) is 9.63. The number of carbonyl (C=O) groups excluding carboxylic acids is 1. The summed E-state index contributed by atoms with van der Waals surface area (Å²) < 4.78 is 14.0. The van der Waals surface area contributed by atoms with Gasteiger partial charge < -0.3 is 0 Å². The summed E-state index contributed by atoms with van der Waals surface area (Å²) in [6.45, 7) is 0. The quantitative estimate of drug-likeness (QED) is 0.728. The Balaban J connectivity index is 1.97. The van der Waals surface area contributed by atoms with Gasteiger partial charge in [0.1, 0.15) is 5.82 Å². The van der Waals surface area contributed by atoms with Crippen LogP contribution in [0, 0.1) is 5.82 Å². The third-order valence-corrected chi connectivity index (χ3v) is 4.19. The van der Waals surface area contributed by atoms with Crippen molar-refractivity contribution < 1.29 is 9.18 Å². The molecule has 0 saturated carbocycles. The highest BCUT2D eigenvalue weighted by Crippen LogP contribution is 2.24. The van der Waals surface area contributed by atoms with Crippen LogP contribution < -0.4 is 0 Å². The van der Waals surface area contributed by atoms with Crippen molar-refractivity contribution in [2.24, 2.45) is 0 Å². The molecule has 3 heteroatoms. The molecule has 2 aromatic carbocycles. The van der Waals surface area contributed by atoms with E-state index in [1.807, 2.05) is 18.2 Å². The number of fused-ring (bicyclic) bond motifs is 1. The van der Waals surface area contributed by atoms with Gasteiger partial charge in [0, 0.05) is 15.6 Å². The molecule has 0 amide bonds. The lowest BCUT2D eigenvalue weighted by molar-refractivity contribution is 0.103. The molecule has 0 unspecified atom stereocenters. The summed E-state index contributed by atoms with van der Waals surface area (Å²) >= 11 is 3.22. The molecule has 1 aliphatic rings. The molecule has 0 aliphatic heterocycles. The zero-order valence-corrected chi connectivity index (χ0v) is 12.5. The normalized spacial score (nSPS) is 13.9. The number of rotatable bonds is 2. The van der Waals surface area contributed by atoms with Crippen LogP contribution in [0.4, 0.5) is 4.39 Å². The molecule has 0 spiro atoms. The molecule has 0 radical (unpaired) electrons. The molecular formula is C17H14BrFO. The minimum Gasteiger partial charge on any atom is -0.289 e. The van der Waals surface area contributed by atoms with Gasteiger partial charge in [-0.3, -0.25) is 4.79 Å². The Hall–Kier alpha value is -1.48. The molecule has 2 aromatic rings. The molecule has 0 aromatic heterocycles. The number of halogens is 2. The van der Waals surface area contributed by atoms with E-state index in [9.17, 15) is 9.18 Å². The summed E-state index contributed by atoms with van der Waals surface area (Å²) in [5, 5.41) is 0. The Labute approximate surface area is 126 Å². The summed E-state index contributed by atoms with van der Waals surface area (Å²) in [5.74, 6) is -0.528. The van der Waals surface area contributed by atoms with Crippen LogP contribution in [0.1, 0.15) is 39.9 Å². The third kappa shape index (κ3) is 2.68. The van der Waals surface area contributed by atoms with Gasteiger partial charge in [-0.25, -0.2) is 4.39 Å². The monoisotopic (exact) mass is 332 g/mol. The summed E-state index contributed by atoms with van der Waals surface area (Å²) in [4.78, 5) is 12.4. The second-order valence-corrected chi connectivity index (χ2v) is 6.09. The smallest absolute Gasteiger partial charge is 0.193 e. The lowest BCUT2D eigenvalue weighted by Crippen LogP contribution is -2.07. The Morgan fingerprint density at radius 3 is 2.45 bits per heavy atom. The van der Waals surface area contributed by atoms with Gasteiger partial charge in [-0.1, -0.05) is 28.1 Å². The van der Waals surface area contributed by atoms with Crippen molar-refractivity contribution >= 4 is 21.7 Å². The van der Waals surface area contributed by atoms with Gasteiger partial charge in [0.2, 0.25) is 0 Å². The molecule has 0 fully saturated rings. The highest BCUT2D eigenvalue weighted by atomic mass is 79.9. The molecule has 0 bridgehead atoms. The standard InChI is InChI=1S/C17H14BrFO/c18-15-8-14(9-16(19)10-15)17(20)13-6-5-11-3-1-2-4-12(11)7-13/h5-10H,1-4H2. The Morgan fingerprint density at radius 2 is 1.70 bits per heavy atom. The van der Waals surface area contributed by atoms with E-state index < -0.39 is 5.82 Å². The van der Waals surface area contributed by atoms with E-state index in [4.69, 9.17) is 0 Å². The number of ketones is 1. The molecule has 0 heterocycles. The summed E-state index contributed by atoms with van der Waals surface area (Å²) in [5.41, 5.74) is 3.63. The van der Waals surface area contributed by atoms with Crippen LogP contribution in [-0.2, 0) is 12.8 Å². The molecular weight excluding hydrogens is 319 g/mol. The van der Waals surface area contributed by atoms with E-state index in [-0.39, 0.29) is 5.78 Å². The van der Waals surface area contributed by atoms with Crippen molar-refractivity contribution in [3.05, 3.63) is 68.9 Å². The number of benzene rings is 2. The maximum atomic E-state index is 13.4.